The lowest BCUT2D eigenvalue weighted by Crippen LogP contribution is -2.15. The van der Waals surface area contributed by atoms with Crippen LogP contribution in [0.3, 0.4) is 0 Å². The summed E-state index contributed by atoms with van der Waals surface area (Å²) in [6, 6.07) is 0. The molecule has 0 unspecified atom stereocenters. The summed E-state index contributed by atoms with van der Waals surface area (Å²) in [5.74, 6) is 0.206. The van der Waals surface area contributed by atoms with Crippen molar-refractivity contribution in [2.75, 3.05) is 5.32 Å². The molecule has 0 fully saturated rings. The molecule has 0 saturated carbocycles. The van der Waals surface area contributed by atoms with Gasteiger partial charge in [-0.2, -0.15) is 0 Å². The molecule has 3 heteroatoms. The van der Waals surface area contributed by atoms with Crippen LogP contribution in [-0.2, 0) is 30.5 Å². The number of pyridine rings is 1. The number of nitrogens with one attached hydrogen (secondary N) is 1. The van der Waals surface area contributed by atoms with E-state index in [1.54, 1.807) is 0 Å². The standard InChI is InChI=1S/C21H32N2O/c1-2-3-4-5-6-7-8-15-20(24)23-21-16-11-9-13-18(16)22-19-14-10-12-17(19)21/h2-15H2,1H3,(H,22,23,24). The van der Waals surface area contributed by atoms with Crippen molar-refractivity contribution in [2.24, 2.45) is 0 Å². The second-order valence-corrected chi connectivity index (χ2v) is 7.46. The van der Waals surface area contributed by atoms with Gasteiger partial charge >= 0.3 is 0 Å². The van der Waals surface area contributed by atoms with E-state index >= 15 is 0 Å². The van der Waals surface area contributed by atoms with Crippen LogP contribution in [0.2, 0.25) is 0 Å². The Morgan fingerprint density at radius 3 is 2.08 bits per heavy atom. The van der Waals surface area contributed by atoms with Crippen LogP contribution in [0.25, 0.3) is 0 Å². The summed E-state index contributed by atoms with van der Waals surface area (Å²) in [5, 5.41) is 3.27. The van der Waals surface area contributed by atoms with E-state index < -0.39 is 0 Å². The average molecular weight is 329 g/mol. The first-order valence-electron chi connectivity index (χ1n) is 10.1. The fraction of sp³-hybridized carbons (Fsp3) is 0.714. The SMILES string of the molecule is CCCCCCCCCC(=O)Nc1c2c(nc3c1CCC3)CCC2. The number of fused-ring (bicyclic) bond motifs is 2. The number of amides is 1. The van der Waals surface area contributed by atoms with Crippen molar-refractivity contribution in [2.45, 2.75) is 96.8 Å². The zero-order valence-corrected chi connectivity index (χ0v) is 15.3. The molecule has 3 rings (SSSR count). The van der Waals surface area contributed by atoms with Crippen molar-refractivity contribution in [3.05, 3.63) is 22.5 Å². The minimum absolute atomic E-state index is 0.206. The van der Waals surface area contributed by atoms with Gasteiger partial charge in [-0.15, -0.1) is 0 Å². The van der Waals surface area contributed by atoms with Crippen molar-refractivity contribution in [3.63, 3.8) is 0 Å². The van der Waals surface area contributed by atoms with Gasteiger partial charge in [-0.25, -0.2) is 0 Å². The monoisotopic (exact) mass is 328 g/mol. The van der Waals surface area contributed by atoms with E-state index in [2.05, 4.69) is 12.2 Å². The number of anilines is 1. The van der Waals surface area contributed by atoms with E-state index in [0.29, 0.717) is 6.42 Å². The largest absolute Gasteiger partial charge is 0.325 e. The lowest BCUT2D eigenvalue weighted by molar-refractivity contribution is -0.116. The molecule has 0 atom stereocenters. The Hall–Kier alpha value is -1.38. The molecular weight excluding hydrogens is 296 g/mol. The average Bonchev–Trinajstić information content (AvgIpc) is 3.22. The van der Waals surface area contributed by atoms with Gasteiger partial charge in [0.2, 0.25) is 5.91 Å². The maximum absolute atomic E-state index is 12.4. The number of rotatable bonds is 9. The molecular formula is C21H32N2O. The molecule has 0 spiro atoms. The van der Waals surface area contributed by atoms with E-state index in [1.165, 1.54) is 73.9 Å². The number of unbranched alkanes of at least 4 members (excludes halogenated alkanes) is 6. The van der Waals surface area contributed by atoms with Crippen LogP contribution in [0.4, 0.5) is 5.69 Å². The summed E-state index contributed by atoms with van der Waals surface area (Å²) in [6.45, 7) is 2.25. The van der Waals surface area contributed by atoms with Crippen LogP contribution in [0.1, 0.15) is 93.6 Å². The summed E-state index contributed by atoms with van der Waals surface area (Å²) >= 11 is 0. The van der Waals surface area contributed by atoms with Crippen LogP contribution in [0.5, 0.6) is 0 Å². The summed E-state index contributed by atoms with van der Waals surface area (Å²) in [6.07, 6.45) is 16.2. The summed E-state index contributed by atoms with van der Waals surface area (Å²) in [7, 11) is 0. The Labute approximate surface area is 146 Å². The Kier molecular flexibility index (Phi) is 6.28. The topological polar surface area (TPSA) is 42.0 Å². The molecule has 132 valence electrons. The summed E-state index contributed by atoms with van der Waals surface area (Å²) < 4.78 is 0. The van der Waals surface area contributed by atoms with E-state index in [-0.39, 0.29) is 5.91 Å². The van der Waals surface area contributed by atoms with E-state index in [0.717, 1.165) is 37.8 Å². The summed E-state index contributed by atoms with van der Waals surface area (Å²) in [5.41, 5.74) is 6.33. The van der Waals surface area contributed by atoms with Crippen molar-refractivity contribution in [1.29, 1.82) is 0 Å². The number of nitrogens with zero attached hydrogens (tertiary/aromatic N) is 1. The highest BCUT2D eigenvalue weighted by molar-refractivity contribution is 5.93. The Balaban J connectivity index is 1.50. The van der Waals surface area contributed by atoms with Crippen LogP contribution in [0, 0.1) is 0 Å². The molecule has 0 radical (unpaired) electrons. The maximum atomic E-state index is 12.4. The zero-order valence-electron chi connectivity index (χ0n) is 15.3. The molecule has 1 amide bonds. The molecule has 1 aromatic heterocycles. The van der Waals surface area contributed by atoms with E-state index in [9.17, 15) is 4.79 Å². The quantitative estimate of drug-likeness (QED) is 0.638. The minimum atomic E-state index is 0.206. The molecule has 0 saturated heterocycles. The minimum Gasteiger partial charge on any atom is -0.325 e. The molecule has 1 N–H and O–H groups in total. The fourth-order valence-electron chi connectivity index (χ4n) is 4.18. The number of hydrogen-bond acceptors (Lipinski definition) is 2. The predicted molar refractivity (Wildman–Crippen MR) is 99.5 cm³/mol. The van der Waals surface area contributed by atoms with Gasteiger partial charge in [0.25, 0.3) is 0 Å². The summed E-state index contributed by atoms with van der Waals surface area (Å²) in [4.78, 5) is 17.3. The molecule has 2 aliphatic rings. The van der Waals surface area contributed by atoms with Gasteiger partial charge in [0, 0.05) is 17.8 Å². The number of carbonyl (C=O) groups is 1. The van der Waals surface area contributed by atoms with Gasteiger partial charge in [0.1, 0.15) is 0 Å². The fourth-order valence-corrected chi connectivity index (χ4v) is 4.18. The number of aryl methyl sites for hydroxylation is 2. The van der Waals surface area contributed by atoms with E-state index in [4.69, 9.17) is 4.98 Å². The van der Waals surface area contributed by atoms with Gasteiger partial charge in [-0.05, 0) is 56.1 Å². The Morgan fingerprint density at radius 2 is 1.46 bits per heavy atom. The number of hydrogen-bond donors (Lipinski definition) is 1. The van der Waals surface area contributed by atoms with Crippen molar-refractivity contribution < 1.29 is 4.79 Å². The van der Waals surface area contributed by atoms with Crippen LogP contribution >= 0.6 is 0 Å². The zero-order chi connectivity index (χ0) is 16.8. The third-order valence-corrected chi connectivity index (χ3v) is 5.52. The highest BCUT2D eigenvalue weighted by atomic mass is 16.1. The molecule has 1 aromatic rings. The van der Waals surface area contributed by atoms with Crippen molar-refractivity contribution in [3.8, 4) is 0 Å². The van der Waals surface area contributed by atoms with Crippen LogP contribution in [-0.4, -0.2) is 10.9 Å². The first kappa shape index (κ1) is 17.4. The first-order valence-corrected chi connectivity index (χ1v) is 10.1. The Bertz CT molecular complexity index is 547. The molecule has 0 bridgehead atoms. The second kappa shape index (κ2) is 8.64. The lowest BCUT2D eigenvalue weighted by atomic mass is 10.0. The van der Waals surface area contributed by atoms with Crippen molar-refractivity contribution in [1.82, 2.24) is 4.98 Å². The normalized spacial score (nSPS) is 15.4. The molecule has 1 heterocycles. The lowest BCUT2D eigenvalue weighted by Gasteiger charge is -2.15. The van der Waals surface area contributed by atoms with Gasteiger partial charge in [0.05, 0.1) is 5.69 Å². The third-order valence-electron chi connectivity index (χ3n) is 5.52. The highest BCUT2D eigenvalue weighted by Gasteiger charge is 2.26. The van der Waals surface area contributed by atoms with E-state index in [1.807, 2.05) is 0 Å². The van der Waals surface area contributed by atoms with Gasteiger partial charge < -0.3 is 5.32 Å². The number of aromatic nitrogens is 1. The van der Waals surface area contributed by atoms with Crippen LogP contribution in [0.15, 0.2) is 0 Å². The Morgan fingerprint density at radius 1 is 0.875 bits per heavy atom. The predicted octanol–water partition coefficient (Wildman–Crippen LogP) is 5.14. The first-order chi connectivity index (χ1) is 11.8. The smallest absolute Gasteiger partial charge is 0.224 e. The second-order valence-electron chi connectivity index (χ2n) is 7.46. The van der Waals surface area contributed by atoms with Crippen molar-refractivity contribution >= 4 is 11.6 Å². The molecule has 3 nitrogen and oxygen atoms in total. The van der Waals surface area contributed by atoms with Gasteiger partial charge in [-0.3, -0.25) is 9.78 Å². The molecule has 0 aromatic carbocycles. The molecule has 0 aliphatic heterocycles. The van der Waals surface area contributed by atoms with Crippen LogP contribution < -0.4 is 5.32 Å². The third kappa shape index (κ3) is 4.17. The number of carbonyl (C=O) groups excluding carboxylic acids is 1. The molecule has 24 heavy (non-hydrogen) atoms. The molecule has 2 aliphatic carbocycles. The van der Waals surface area contributed by atoms with Gasteiger partial charge in [0.15, 0.2) is 0 Å². The maximum Gasteiger partial charge on any atom is 0.224 e. The highest BCUT2D eigenvalue weighted by Crippen LogP contribution is 2.36. The van der Waals surface area contributed by atoms with Gasteiger partial charge in [-0.1, -0.05) is 45.4 Å².